The van der Waals surface area contributed by atoms with Gasteiger partial charge in [-0.2, -0.15) is 0 Å². The second-order valence-corrected chi connectivity index (χ2v) is 5.83. The maximum Gasteiger partial charge on any atom is 0.408 e. The number of nitrogens with one attached hydrogen (secondary N) is 1. The summed E-state index contributed by atoms with van der Waals surface area (Å²) < 4.78 is 10.2. The van der Waals surface area contributed by atoms with Gasteiger partial charge in [-0.1, -0.05) is 41.9 Å². The van der Waals surface area contributed by atoms with Crippen molar-refractivity contribution in [1.82, 2.24) is 10.3 Å². The van der Waals surface area contributed by atoms with Crippen molar-refractivity contribution in [2.45, 2.75) is 19.1 Å². The van der Waals surface area contributed by atoms with Crippen LogP contribution in [-0.2, 0) is 20.9 Å². The van der Waals surface area contributed by atoms with Crippen molar-refractivity contribution in [3.8, 4) is 0 Å². The van der Waals surface area contributed by atoms with Crippen LogP contribution in [0.1, 0.15) is 23.7 Å². The molecule has 26 heavy (non-hydrogen) atoms. The molecule has 7 nitrogen and oxygen atoms in total. The number of carboxylic acid groups (broad SMARTS) is 1. The Bertz CT molecular complexity index is 727. The van der Waals surface area contributed by atoms with Crippen LogP contribution < -0.4 is 5.32 Å². The largest absolute Gasteiger partial charge is 0.480 e. The lowest BCUT2D eigenvalue weighted by Gasteiger charge is -2.18. The lowest BCUT2D eigenvalue weighted by molar-refractivity contribution is -0.142. The number of amides is 1. The van der Waals surface area contributed by atoms with E-state index in [9.17, 15) is 9.59 Å². The van der Waals surface area contributed by atoms with E-state index in [1.165, 1.54) is 6.20 Å². The predicted molar refractivity (Wildman–Crippen MR) is 94.8 cm³/mol. The van der Waals surface area contributed by atoms with E-state index in [-0.39, 0.29) is 13.2 Å². The van der Waals surface area contributed by atoms with E-state index in [1.807, 2.05) is 30.3 Å². The smallest absolute Gasteiger partial charge is 0.408 e. The number of hydrogen-bond donors (Lipinski definition) is 2. The number of nitrogens with zero attached hydrogens (tertiary/aromatic N) is 1. The maximum absolute atomic E-state index is 12.1. The summed E-state index contributed by atoms with van der Waals surface area (Å²) in [5, 5.41) is 11.8. The van der Waals surface area contributed by atoms with Crippen LogP contribution in [0, 0.1) is 0 Å². The number of pyridine rings is 1. The summed E-state index contributed by atoms with van der Waals surface area (Å²) in [7, 11) is 0. The quantitative estimate of drug-likeness (QED) is 0.650. The standard InChI is InChI=1S/C18H19ClN2O5/c19-14-6-8-20-16(10-14)15(7-9-25-12-17(22)23)21-18(24)26-11-13-4-2-1-3-5-13/h1-6,8,10,15H,7,9,11-12H2,(H,21,24)(H,22,23)/t15-/m0/s1. The number of rotatable bonds is 9. The van der Waals surface area contributed by atoms with Gasteiger partial charge in [-0.3, -0.25) is 4.98 Å². The highest BCUT2D eigenvalue weighted by Gasteiger charge is 2.17. The van der Waals surface area contributed by atoms with Gasteiger partial charge in [0.05, 0.1) is 11.7 Å². The molecule has 0 unspecified atom stereocenters. The third kappa shape index (κ3) is 7.08. The van der Waals surface area contributed by atoms with Gasteiger partial charge >= 0.3 is 12.1 Å². The van der Waals surface area contributed by atoms with Gasteiger partial charge < -0.3 is 19.9 Å². The summed E-state index contributed by atoms with van der Waals surface area (Å²) in [4.78, 5) is 26.8. The first kappa shape index (κ1) is 19.7. The monoisotopic (exact) mass is 378 g/mol. The van der Waals surface area contributed by atoms with E-state index in [0.29, 0.717) is 17.1 Å². The molecule has 8 heteroatoms. The number of carbonyl (C=O) groups is 2. The Hall–Kier alpha value is -2.64. The van der Waals surface area contributed by atoms with Crippen LogP contribution in [0.25, 0.3) is 0 Å². The molecule has 0 aliphatic rings. The molecule has 0 saturated carbocycles. The van der Waals surface area contributed by atoms with Gasteiger partial charge in [0.2, 0.25) is 0 Å². The molecule has 0 aliphatic heterocycles. The molecule has 2 N–H and O–H groups in total. The molecule has 1 amide bonds. The number of carboxylic acids is 1. The van der Waals surface area contributed by atoms with Crippen molar-refractivity contribution in [2.75, 3.05) is 13.2 Å². The normalized spacial score (nSPS) is 11.6. The van der Waals surface area contributed by atoms with Crippen LogP contribution in [0.5, 0.6) is 0 Å². The van der Waals surface area contributed by atoms with Gasteiger partial charge in [-0.25, -0.2) is 9.59 Å². The molecule has 0 fully saturated rings. The highest BCUT2D eigenvalue weighted by Crippen LogP contribution is 2.18. The number of alkyl carbamates (subject to hydrolysis) is 1. The fourth-order valence-corrected chi connectivity index (χ4v) is 2.34. The first-order valence-electron chi connectivity index (χ1n) is 7.93. The van der Waals surface area contributed by atoms with Gasteiger partial charge in [-0.15, -0.1) is 0 Å². The van der Waals surface area contributed by atoms with Crippen LogP contribution in [0.4, 0.5) is 4.79 Å². The summed E-state index contributed by atoms with van der Waals surface area (Å²) in [5.74, 6) is -1.06. The molecule has 2 rings (SSSR count). The van der Waals surface area contributed by atoms with Gasteiger partial charge in [0, 0.05) is 17.8 Å². The lowest BCUT2D eigenvalue weighted by Crippen LogP contribution is -2.30. The van der Waals surface area contributed by atoms with Crippen LogP contribution in [0.15, 0.2) is 48.7 Å². The summed E-state index contributed by atoms with van der Waals surface area (Å²) in [5.41, 5.74) is 1.40. The number of benzene rings is 1. The number of hydrogen-bond acceptors (Lipinski definition) is 5. The highest BCUT2D eigenvalue weighted by molar-refractivity contribution is 6.30. The van der Waals surface area contributed by atoms with Gasteiger partial charge in [0.25, 0.3) is 0 Å². The molecule has 2 aromatic rings. The van der Waals surface area contributed by atoms with Crippen molar-refractivity contribution >= 4 is 23.7 Å². The van der Waals surface area contributed by atoms with Crippen molar-refractivity contribution < 1.29 is 24.2 Å². The zero-order chi connectivity index (χ0) is 18.8. The third-order valence-corrected chi connectivity index (χ3v) is 3.62. The Morgan fingerprint density at radius 3 is 2.69 bits per heavy atom. The zero-order valence-electron chi connectivity index (χ0n) is 13.9. The van der Waals surface area contributed by atoms with Gasteiger partial charge in [-0.05, 0) is 24.1 Å². The third-order valence-electron chi connectivity index (χ3n) is 3.38. The summed E-state index contributed by atoms with van der Waals surface area (Å²) in [6.45, 7) is -0.143. The Morgan fingerprint density at radius 2 is 2.00 bits per heavy atom. The summed E-state index contributed by atoms with van der Waals surface area (Å²) >= 11 is 5.98. The summed E-state index contributed by atoms with van der Waals surface area (Å²) in [6.07, 6.45) is 1.24. The molecule has 1 aromatic heterocycles. The SMILES string of the molecule is O=C(O)COCC[C@H](NC(=O)OCc1ccccc1)c1cc(Cl)ccn1. The fourth-order valence-electron chi connectivity index (χ4n) is 2.17. The molecule has 0 bridgehead atoms. The number of halogens is 1. The van der Waals surface area contributed by atoms with E-state index in [2.05, 4.69) is 10.3 Å². The molecule has 1 atom stereocenters. The Kier molecular flexibility index (Phi) is 7.85. The molecule has 0 saturated heterocycles. The number of aliphatic carboxylic acids is 1. The van der Waals surface area contributed by atoms with E-state index in [0.717, 1.165) is 5.56 Å². The fraction of sp³-hybridized carbons (Fsp3) is 0.278. The Balaban J connectivity index is 1.93. The Labute approximate surface area is 155 Å². The molecular weight excluding hydrogens is 360 g/mol. The van der Waals surface area contributed by atoms with Crippen LogP contribution in [-0.4, -0.2) is 35.4 Å². The van der Waals surface area contributed by atoms with Crippen LogP contribution in [0.3, 0.4) is 0 Å². The summed E-state index contributed by atoms with van der Waals surface area (Å²) in [6, 6.07) is 12.0. The van der Waals surface area contributed by atoms with Crippen molar-refractivity contribution in [3.05, 3.63) is 64.9 Å². The first-order chi connectivity index (χ1) is 12.5. The molecular formula is C18H19ClN2O5. The minimum Gasteiger partial charge on any atom is -0.480 e. The second kappa shape index (κ2) is 10.4. The number of ether oxygens (including phenoxy) is 2. The van der Waals surface area contributed by atoms with Crippen molar-refractivity contribution in [1.29, 1.82) is 0 Å². The van der Waals surface area contributed by atoms with Crippen LogP contribution in [0.2, 0.25) is 5.02 Å². The lowest BCUT2D eigenvalue weighted by atomic mass is 10.1. The molecule has 1 aromatic carbocycles. The molecule has 0 radical (unpaired) electrons. The topological polar surface area (TPSA) is 97.8 Å². The van der Waals surface area contributed by atoms with Crippen LogP contribution >= 0.6 is 11.6 Å². The Morgan fingerprint density at radius 1 is 1.23 bits per heavy atom. The predicted octanol–water partition coefficient (Wildman–Crippen LogP) is 3.19. The minimum absolute atomic E-state index is 0.129. The van der Waals surface area contributed by atoms with Crippen molar-refractivity contribution in [3.63, 3.8) is 0 Å². The second-order valence-electron chi connectivity index (χ2n) is 5.39. The van der Waals surface area contributed by atoms with Gasteiger partial charge in [0.15, 0.2) is 0 Å². The van der Waals surface area contributed by atoms with Gasteiger partial charge in [0.1, 0.15) is 13.2 Å². The zero-order valence-corrected chi connectivity index (χ0v) is 14.7. The average Bonchev–Trinajstić information content (AvgIpc) is 2.63. The highest BCUT2D eigenvalue weighted by atomic mass is 35.5. The van der Waals surface area contributed by atoms with E-state index in [4.69, 9.17) is 26.2 Å². The average molecular weight is 379 g/mol. The molecule has 1 heterocycles. The molecule has 0 aliphatic carbocycles. The molecule has 0 spiro atoms. The van der Waals surface area contributed by atoms with E-state index >= 15 is 0 Å². The number of aromatic nitrogens is 1. The first-order valence-corrected chi connectivity index (χ1v) is 8.30. The van der Waals surface area contributed by atoms with E-state index in [1.54, 1.807) is 12.1 Å². The minimum atomic E-state index is -1.06. The number of carbonyl (C=O) groups excluding carboxylic acids is 1. The van der Waals surface area contributed by atoms with E-state index < -0.39 is 24.7 Å². The van der Waals surface area contributed by atoms with Crippen molar-refractivity contribution in [2.24, 2.45) is 0 Å². The molecule has 138 valence electrons. The maximum atomic E-state index is 12.1.